The Bertz CT molecular complexity index is 487. The second-order valence-corrected chi connectivity index (χ2v) is 6.69. The molecule has 1 fully saturated rings. The number of ether oxygens (including phenoxy) is 1. The average Bonchev–Trinajstić information content (AvgIpc) is 2.60. The van der Waals surface area contributed by atoms with Crippen LogP contribution in [0.3, 0.4) is 0 Å². The summed E-state index contributed by atoms with van der Waals surface area (Å²) in [7, 11) is 1.66. The van der Waals surface area contributed by atoms with E-state index in [1.807, 2.05) is 24.3 Å². The van der Waals surface area contributed by atoms with E-state index in [9.17, 15) is 4.79 Å². The highest BCUT2D eigenvalue weighted by molar-refractivity contribution is 5.85. The summed E-state index contributed by atoms with van der Waals surface area (Å²) in [5.74, 6) is 1.68. The molecule has 5 heteroatoms. The van der Waals surface area contributed by atoms with Crippen LogP contribution in [0.2, 0.25) is 0 Å². The molecule has 2 atom stereocenters. The zero-order valence-electron chi connectivity index (χ0n) is 14.8. The lowest BCUT2D eigenvalue weighted by Crippen LogP contribution is -2.46. The van der Waals surface area contributed by atoms with Crippen LogP contribution in [0.1, 0.15) is 56.9 Å². The maximum absolute atomic E-state index is 12.4. The number of carbonyl (C=O) groups is 1. The maximum atomic E-state index is 12.4. The van der Waals surface area contributed by atoms with E-state index in [2.05, 4.69) is 12.2 Å². The zero-order valence-corrected chi connectivity index (χ0v) is 15.6. The maximum Gasteiger partial charge on any atom is 0.220 e. The van der Waals surface area contributed by atoms with E-state index in [-0.39, 0.29) is 30.3 Å². The van der Waals surface area contributed by atoms with E-state index in [1.54, 1.807) is 7.11 Å². The Kier molecular flexibility index (Phi) is 9.16. The smallest absolute Gasteiger partial charge is 0.220 e. The van der Waals surface area contributed by atoms with E-state index in [4.69, 9.17) is 10.5 Å². The standard InChI is InChI=1S/C19H30N2O2.ClH/c1-14(15-8-10-17(23-2)11-9-15)12-19(22)21-18(13-20)16-6-4-3-5-7-16;/h8-11,14,16,18H,3-7,12-13,20H2,1-2H3,(H,21,22);1H. The first-order valence-corrected chi connectivity index (χ1v) is 8.77. The van der Waals surface area contributed by atoms with Gasteiger partial charge in [-0.15, -0.1) is 12.4 Å². The van der Waals surface area contributed by atoms with Crippen LogP contribution in [0, 0.1) is 5.92 Å². The predicted octanol–water partition coefficient (Wildman–Crippen LogP) is 3.63. The largest absolute Gasteiger partial charge is 0.497 e. The van der Waals surface area contributed by atoms with Crippen LogP contribution in [-0.4, -0.2) is 25.6 Å². The summed E-state index contributed by atoms with van der Waals surface area (Å²) in [6, 6.07) is 8.06. The first-order chi connectivity index (χ1) is 11.1. The van der Waals surface area contributed by atoms with Gasteiger partial charge in [0.1, 0.15) is 5.75 Å². The summed E-state index contributed by atoms with van der Waals surface area (Å²) in [6.45, 7) is 2.62. The fourth-order valence-electron chi connectivity index (χ4n) is 3.50. The Morgan fingerprint density at radius 3 is 2.42 bits per heavy atom. The fourth-order valence-corrected chi connectivity index (χ4v) is 3.50. The highest BCUT2D eigenvalue weighted by Gasteiger charge is 2.24. The third-order valence-corrected chi connectivity index (χ3v) is 5.00. The highest BCUT2D eigenvalue weighted by atomic mass is 35.5. The van der Waals surface area contributed by atoms with Gasteiger partial charge in [-0.1, -0.05) is 38.3 Å². The average molecular weight is 355 g/mol. The minimum absolute atomic E-state index is 0. The van der Waals surface area contributed by atoms with Crippen LogP contribution in [0.25, 0.3) is 0 Å². The van der Waals surface area contributed by atoms with Gasteiger partial charge >= 0.3 is 0 Å². The molecule has 0 heterocycles. The number of benzene rings is 1. The molecule has 1 amide bonds. The van der Waals surface area contributed by atoms with Gasteiger partial charge in [-0.25, -0.2) is 0 Å². The minimum Gasteiger partial charge on any atom is -0.497 e. The van der Waals surface area contributed by atoms with Gasteiger partial charge in [-0.05, 0) is 42.4 Å². The monoisotopic (exact) mass is 354 g/mol. The quantitative estimate of drug-likeness (QED) is 0.785. The van der Waals surface area contributed by atoms with Crippen molar-refractivity contribution in [2.75, 3.05) is 13.7 Å². The van der Waals surface area contributed by atoms with Crippen molar-refractivity contribution in [3.05, 3.63) is 29.8 Å². The van der Waals surface area contributed by atoms with Crippen LogP contribution < -0.4 is 15.8 Å². The third-order valence-electron chi connectivity index (χ3n) is 5.00. The molecule has 0 spiro atoms. The number of carbonyl (C=O) groups excluding carboxylic acids is 1. The molecular weight excluding hydrogens is 324 g/mol. The van der Waals surface area contributed by atoms with Gasteiger partial charge in [-0.2, -0.15) is 0 Å². The topological polar surface area (TPSA) is 64.3 Å². The Balaban J connectivity index is 0.00000288. The van der Waals surface area contributed by atoms with Crippen LogP contribution >= 0.6 is 12.4 Å². The third kappa shape index (κ3) is 5.99. The summed E-state index contributed by atoms with van der Waals surface area (Å²) >= 11 is 0. The molecule has 1 saturated carbocycles. The molecule has 0 bridgehead atoms. The van der Waals surface area contributed by atoms with E-state index in [0.29, 0.717) is 18.9 Å². The molecule has 1 aliphatic carbocycles. The van der Waals surface area contributed by atoms with Gasteiger partial charge in [0.25, 0.3) is 0 Å². The molecule has 0 aliphatic heterocycles. The summed E-state index contributed by atoms with van der Waals surface area (Å²) in [6.07, 6.45) is 6.72. The molecule has 4 nitrogen and oxygen atoms in total. The Hall–Kier alpha value is -1.26. The van der Waals surface area contributed by atoms with Gasteiger partial charge in [0, 0.05) is 19.0 Å². The molecule has 3 N–H and O–H groups in total. The SMILES string of the molecule is COc1ccc(C(C)CC(=O)NC(CN)C2CCCCC2)cc1.Cl. The predicted molar refractivity (Wildman–Crippen MR) is 101 cm³/mol. The molecule has 1 aromatic rings. The molecule has 0 radical (unpaired) electrons. The van der Waals surface area contributed by atoms with Gasteiger partial charge in [-0.3, -0.25) is 4.79 Å². The number of amides is 1. The molecule has 0 aromatic heterocycles. The van der Waals surface area contributed by atoms with Crippen LogP contribution in [-0.2, 0) is 4.79 Å². The normalized spacial score (nSPS) is 17.5. The second kappa shape index (κ2) is 10.6. The lowest BCUT2D eigenvalue weighted by Gasteiger charge is -2.30. The molecule has 2 unspecified atom stereocenters. The van der Waals surface area contributed by atoms with E-state index in [0.717, 1.165) is 11.3 Å². The van der Waals surface area contributed by atoms with Crippen LogP contribution in [0.5, 0.6) is 5.75 Å². The number of hydrogen-bond acceptors (Lipinski definition) is 3. The van der Waals surface area contributed by atoms with Crippen LogP contribution in [0.15, 0.2) is 24.3 Å². The number of hydrogen-bond donors (Lipinski definition) is 2. The second-order valence-electron chi connectivity index (χ2n) is 6.69. The van der Waals surface area contributed by atoms with Gasteiger partial charge in [0.05, 0.1) is 7.11 Å². The Morgan fingerprint density at radius 2 is 1.88 bits per heavy atom. The van der Waals surface area contributed by atoms with E-state index in [1.165, 1.54) is 32.1 Å². The van der Waals surface area contributed by atoms with Gasteiger partial charge in [0.15, 0.2) is 0 Å². The van der Waals surface area contributed by atoms with Crippen molar-refractivity contribution in [3.8, 4) is 5.75 Å². The van der Waals surface area contributed by atoms with E-state index < -0.39 is 0 Å². The molecule has 136 valence electrons. The van der Waals surface area contributed by atoms with Crippen molar-refractivity contribution in [2.45, 2.75) is 57.4 Å². The Labute approximate surface area is 151 Å². The molecule has 24 heavy (non-hydrogen) atoms. The molecular formula is C19H31ClN2O2. The minimum atomic E-state index is 0. The summed E-state index contributed by atoms with van der Waals surface area (Å²) in [5.41, 5.74) is 7.05. The Morgan fingerprint density at radius 1 is 1.25 bits per heavy atom. The number of nitrogens with two attached hydrogens (primary N) is 1. The molecule has 0 saturated heterocycles. The van der Waals surface area contributed by atoms with Crippen molar-refractivity contribution in [2.24, 2.45) is 11.7 Å². The summed E-state index contributed by atoms with van der Waals surface area (Å²) in [4.78, 5) is 12.4. The number of halogens is 1. The van der Waals surface area contributed by atoms with Crippen molar-refractivity contribution < 1.29 is 9.53 Å². The van der Waals surface area contributed by atoms with Crippen LogP contribution in [0.4, 0.5) is 0 Å². The van der Waals surface area contributed by atoms with Gasteiger partial charge in [0.2, 0.25) is 5.91 Å². The zero-order chi connectivity index (χ0) is 16.7. The summed E-state index contributed by atoms with van der Waals surface area (Å²) < 4.78 is 5.17. The van der Waals surface area contributed by atoms with Crippen molar-refractivity contribution >= 4 is 18.3 Å². The lowest BCUT2D eigenvalue weighted by molar-refractivity contribution is -0.122. The van der Waals surface area contributed by atoms with Crippen molar-refractivity contribution in [1.29, 1.82) is 0 Å². The number of methoxy groups -OCH3 is 1. The number of nitrogens with one attached hydrogen (secondary N) is 1. The molecule has 1 aliphatic rings. The summed E-state index contributed by atoms with van der Waals surface area (Å²) in [5, 5.41) is 3.17. The van der Waals surface area contributed by atoms with Gasteiger partial charge < -0.3 is 15.8 Å². The first kappa shape index (κ1) is 20.8. The lowest BCUT2D eigenvalue weighted by atomic mass is 9.83. The van der Waals surface area contributed by atoms with E-state index >= 15 is 0 Å². The molecule has 1 aromatic carbocycles. The molecule has 2 rings (SSSR count). The first-order valence-electron chi connectivity index (χ1n) is 8.77. The van der Waals surface area contributed by atoms with Crippen molar-refractivity contribution in [3.63, 3.8) is 0 Å². The fraction of sp³-hybridized carbons (Fsp3) is 0.632. The number of rotatable bonds is 7. The highest BCUT2D eigenvalue weighted by Crippen LogP contribution is 2.27. The van der Waals surface area contributed by atoms with Crippen molar-refractivity contribution in [1.82, 2.24) is 5.32 Å².